The number of nitrogens with one attached hydrogen (secondary N) is 1. The molecule has 1 aliphatic heterocycles. The molecule has 5 nitrogen and oxygen atoms in total. The van der Waals surface area contributed by atoms with Crippen molar-refractivity contribution < 1.29 is 14.0 Å². The summed E-state index contributed by atoms with van der Waals surface area (Å²) >= 11 is 1.42. The van der Waals surface area contributed by atoms with Gasteiger partial charge < -0.3 is 10.2 Å². The number of hydrogen-bond donors (Lipinski definition) is 1. The smallest absolute Gasteiger partial charge is 0.244 e. The van der Waals surface area contributed by atoms with Crippen LogP contribution in [0.3, 0.4) is 0 Å². The summed E-state index contributed by atoms with van der Waals surface area (Å²) in [4.78, 5) is 29.8. The molecular weight excluding hydrogens is 341 g/mol. The molecule has 1 saturated heterocycles. The maximum atomic E-state index is 12.9. The van der Waals surface area contributed by atoms with Crippen molar-refractivity contribution in [2.45, 2.75) is 12.8 Å². The van der Waals surface area contributed by atoms with Crippen LogP contribution in [0.1, 0.15) is 18.5 Å². The standard InChI is InChI=1S/C18H18FN3O2S/c19-14-5-3-13(4-6-14)18-21-15(12-25-18)7-8-16(23)20-11-17(24)22-9-1-2-10-22/h3-8,12H,1-2,9-11H2,(H,20,23). The van der Waals surface area contributed by atoms with E-state index in [0.717, 1.165) is 36.5 Å². The van der Waals surface area contributed by atoms with Gasteiger partial charge in [-0.15, -0.1) is 11.3 Å². The van der Waals surface area contributed by atoms with Crippen LogP contribution in [-0.4, -0.2) is 41.3 Å². The van der Waals surface area contributed by atoms with E-state index in [-0.39, 0.29) is 24.2 Å². The number of hydrogen-bond acceptors (Lipinski definition) is 4. The van der Waals surface area contributed by atoms with E-state index < -0.39 is 0 Å². The Bertz CT molecular complexity index is 780. The Labute approximate surface area is 149 Å². The molecular formula is C18H18FN3O2S. The molecule has 1 aliphatic rings. The lowest BCUT2D eigenvalue weighted by Gasteiger charge is -2.14. The molecule has 130 valence electrons. The highest BCUT2D eigenvalue weighted by atomic mass is 32.1. The second-order valence-corrected chi connectivity index (χ2v) is 6.58. The number of rotatable bonds is 5. The van der Waals surface area contributed by atoms with Crippen LogP contribution in [0, 0.1) is 5.82 Å². The number of amides is 2. The predicted octanol–water partition coefficient (Wildman–Crippen LogP) is 2.70. The van der Waals surface area contributed by atoms with Gasteiger partial charge in [0.25, 0.3) is 0 Å². The Kier molecular flexibility index (Phi) is 5.55. The van der Waals surface area contributed by atoms with Gasteiger partial charge in [-0.05, 0) is 43.2 Å². The highest BCUT2D eigenvalue weighted by molar-refractivity contribution is 7.13. The number of benzene rings is 1. The maximum Gasteiger partial charge on any atom is 0.244 e. The lowest BCUT2D eigenvalue weighted by Crippen LogP contribution is -2.38. The molecule has 7 heteroatoms. The lowest BCUT2D eigenvalue weighted by atomic mass is 10.2. The zero-order chi connectivity index (χ0) is 17.6. The molecule has 0 atom stereocenters. The minimum Gasteiger partial charge on any atom is -0.343 e. The summed E-state index contributed by atoms with van der Waals surface area (Å²) in [5.74, 6) is -0.670. The van der Waals surface area contributed by atoms with Crippen molar-refractivity contribution in [3.05, 3.63) is 47.2 Å². The quantitative estimate of drug-likeness (QED) is 0.835. The van der Waals surface area contributed by atoms with Crippen molar-refractivity contribution in [1.29, 1.82) is 0 Å². The Balaban J connectivity index is 1.52. The van der Waals surface area contributed by atoms with Gasteiger partial charge in [0, 0.05) is 30.1 Å². The fraction of sp³-hybridized carbons (Fsp3) is 0.278. The third-order valence-corrected chi connectivity index (χ3v) is 4.80. The van der Waals surface area contributed by atoms with Crippen LogP contribution < -0.4 is 5.32 Å². The Hall–Kier alpha value is -2.54. The normalized spacial score (nSPS) is 14.2. The molecule has 1 aromatic carbocycles. The zero-order valence-electron chi connectivity index (χ0n) is 13.6. The second kappa shape index (κ2) is 8.02. The average Bonchev–Trinajstić information content (AvgIpc) is 3.30. The summed E-state index contributed by atoms with van der Waals surface area (Å²) in [6, 6.07) is 6.10. The number of thiazole rings is 1. The molecule has 25 heavy (non-hydrogen) atoms. The molecule has 0 aliphatic carbocycles. The fourth-order valence-electron chi connectivity index (χ4n) is 2.55. The van der Waals surface area contributed by atoms with E-state index in [2.05, 4.69) is 10.3 Å². The maximum absolute atomic E-state index is 12.9. The van der Waals surface area contributed by atoms with Crippen molar-refractivity contribution in [1.82, 2.24) is 15.2 Å². The van der Waals surface area contributed by atoms with Crippen molar-refractivity contribution in [3.8, 4) is 10.6 Å². The summed E-state index contributed by atoms with van der Waals surface area (Å²) in [6.07, 6.45) is 5.01. The van der Waals surface area contributed by atoms with Crippen LogP contribution >= 0.6 is 11.3 Å². The van der Waals surface area contributed by atoms with Crippen LogP contribution in [-0.2, 0) is 9.59 Å². The van der Waals surface area contributed by atoms with Crippen molar-refractivity contribution >= 4 is 29.2 Å². The minimum absolute atomic E-state index is 0.0149. The van der Waals surface area contributed by atoms with E-state index >= 15 is 0 Å². The van der Waals surface area contributed by atoms with Gasteiger partial charge in [0.2, 0.25) is 11.8 Å². The molecule has 2 heterocycles. The first-order valence-electron chi connectivity index (χ1n) is 8.07. The molecule has 0 radical (unpaired) electrons. The summed E-state index contributed by atoms with van der Waals surface area (Å²) in [7, 11) is 0. The first-order chi connectivity index (χ1) is 12.1. The fourth-order valence-corrected chi connectivity index (χ4v) is 3.34. The van der Waals surface area contributed by atoms with Gasteiger partial charge in [-0.3, -0.25) is 9.59 Å². The summed E-state index contributed by atoms with van der Waals surface area (Å²) < 4.78 is 12.9. The highest BCUT2D eigenvalue weighted by Gasteiger charge is 2.17. The molecule has 2 amide bonds. The number of likely N-dealkylation sites (tertiary alicyclic amines) is 1. The monoisotopic (exact) mass is 359 g/mol. The van der Waals surface area contributed by atoms with Gasteiger partial charge in [-0.1, -0.05) is 0 Å². The highest BCUT2D eigenvalue weighted by Crippen LogP contribution is 2.24. The van der Waals surface area contributed by atoms with E-state index in [0.29, 0.717) is 5.69 Å². The van der Waals surface area contributed by atoms with Crippen molar-refractivity contribution in [2.75, 3.05) is 19.6 Å². The van der Waals surface area contributed by atoms with Gasteiger partial charge in [-0.25, -0.2) is 9.37 Å². The van der Waals surface area contributed by atoms with Crippen LogP contribution in [0.2, 0.25) is 0 Å². The molecule has 0 saturated carbocycles. The summed E-state index contributed by atoms with van der Waals surface area (Å²) in [5, 5.41) is 5.16. The molecule has 2 aromatic rings. The molecule has 0 bridgehead atoms. The van der Waals surface area contributed by atoms with Gasteiger partial charge in [-0.2, -0.15) is 0 Å². The second-order valence-electron chi connectivity index (χ2n) is 5.72. The zero-order valence-corrected chi connectivity index (χ0v) is 14.4. The molecule has 1 aromatic heterocycles. The van der Waals surface area contributed by atoms with E-state index in [1.165, 1.54) is 29.5 Å². The SMILES string of the molecule is O=C(C=Cc1csc(-c2ccc(F)cc2)n1)NCC(=O)N1CCCC1. The van der Waals surface area contributed by atoms with Crippen LogP contribution in [0.15, 0.2) is 35.7 Å². The Morgan fingerprint density at radius 1 is 1.24 bits per heavy atom. The molecule has 0 spiro atoms. The minimum atomic E-state index is -0.330. The molecule has 1 fully saturated rings. The molecule has 1 N–H and O–H groups in total. The molecule has 3 rings (SSSR count). The van der Waals surface area contributed by atoms with E-state index in [1.807, 2.05) is 5.38 Å². The van der Waals surface area contributed by atoms with Crippen LogP contribution in [0.4, 0.5) is 4.39 Å². The van der Waals surface area contributed by atoms with E-state index in [1.54, 1.807) is 23.1 Å². The van der Waals surface area contributed by atoms with Gasteiger partial charge in [0.15, 0.2) is 0 Å². The number of carbonyl (C=O) groups is 2. The average molecular weight is 359 g/mol. The van der Waals surface area contributed by atoms with Crippen LogP contribution in [0.5, 0.6) is 0 Å². The first kappa shape index (κ1) is 17.3. The summed E-state index contributed by atoms with van der Waals surface area (Å²) in [5.41, 5.74) is 1.47. The summed E-state index contributed by atoms with van der Waals surface area (Å²) in [6.45, 7) is 1.56. The van der Waals surface area contributed by atoms with Crippen molar-refractivity contribution in [2.24, 2.45) is 0 Å². The third-order valence-electron chi connectivity index (χ3n) is 3.89. The number of carbonyl (C=O) groups excluding carboxylic acids is 2. The Morgan fingerprint density at radius 2 is 1.96 bits per heavy atom. The van der Waals surface area contributed by atoms with Gasteiger partial charge >= 0.3 is 0 Å². The number of nitrogens with zero attached hydrogens (tertiary/aromatic N) is 2. The third kappa shape index (κ3) is 4.73. The van der Waals surface area contributed by atoms with E-state index in [4.69, 9.17) is 0 Å². The van der Waals surface area contributed by atoms with E-state index in [9.17, 15) is 14.0 Å². The van der Waals surface area contributed by atoms with Crippen molar-refractivity contribution in [3.63, 3.8) is 0 Å². The van der Waals surface area contributed by atoms with Gasteiger partial charge in [0.05, 0.1) is 12.2 Å². The largest absolute Gasteiger partial charge is 0.343 e. The number of aromatic nitrogens is 1. The predicted molar refractivity (Wildman–Crippen MR) is 95.4 cm³/mol. The van der Waals surface area contributed by atoms with Gasteiger partial charge in [0.1, 0.15) is 10.8 Å². The first-order valence-corrected chi connectivity index (χ1v) is 8.95. The number of halogens is 1. The lowest BCUT2D eigenvalue weighted by molar-refractivity contribution is -0.131. The molecule has 0 unspecified atom stereocenters. The van der Waals surface area contributed by atoms with Crippen LogP contribution in [0.25, 0.3) is 16.6 Å². The topological polar surface area (TPSA) is 62.3 Å². The Morgan fingerprint density at radius 3 is 2.68 bits per heavy atom.